The van der Waals surface area contributed by atoms with Gasteiger partial charge in [-0.2, -0.15) is 0 Å². The van der Waals surface area contributed by atoms with Crippen LogP contribution in [0.5, 0.6) is 0 Å². The molecule has 0 spiro atoms. The van der Waals surface area contributed by atoms with E-state index in [4.69, 9.17) is 4.42 Å². The Balaban J connectivity index is 1.78. The molecule has 22 heavy (non-hydrogen) atoms. The molecule has 0 aliphatic carbocycles. The third-order valence-corrected chi connectivity index (χ3v) is 3.81. The van der Waals surface area contributed by atoms with Crippen molar-refractivity contribution < 1.29 is 9.21 Å². The smallest absolute Gasteiger partial charge is 0.277 e. The number of thiazole rings is 1. The maximum absolute atomic E-state index is 12.1. The van der Waals surface area contributed by atoms with E-state index in [-0.39, 0.29) is 11.6 Å². The summed E-state index contributed by atoms with van der Waals surface area (Å²) in [5, 5.41) is 5.13. The topological polar surface area (TPSA) is 80.9 Å². The number of aryl methyl sites for hydroxylation is 3. The van der Waals surface area contributed by atoms with Crippen LogP contribution in [0.4, 0.5) is 5.13 Å². The number of anilines is 1. The van der Waals surface area contributed by atoms with Gasteiger partial charge in [0.05, 0.1) is 17.6 Å². The van der Waals surface area contributed by atoms with Gasteiger partial charge in [-0.25, -0.2) is 9.97 Å². The predicted molar refractivity (Wildman–Crippen MR) is 84.0 cm³/mol. The minimum Gasteiger partial charge on any atom is -0.466 e. The third-order valence-electron chi connectivity index (χ3n) is 3.06. The van der Waals surface area contributed by atoms with Gasteiger partial charge in [0.15, 0.2) is 5.13 Å². The number of furan rings is 1. The molecule has 0 saturated heterocycles. The Bertz CT molecular complexity index is 820. The summed E-state index contributed by atoms with van der Waals surface area (Å²) in [7, 11) is 0. The van der Waals surface area contributed by atoms with Gasteiger partial charge >= 0.3 is 0 Å². The zero-order chi connectivity index (χ0) is 15.7. The van der Waals surface area contributed by atoms with E-state index in [1.165, 1.54) is 17.5 Å². The van der Waals surface area contributed by atoms with Crippen molar-refractivity contribution in [1.29, 1.82) is 0 Å². The van der Waals surface area contributed by atoms with E-state index in [1.54, 1.807) is 6.20 Å². The fourth-order valence-corrected chi connectivity index (χ4v) is 2.72. The summed E-state index contributed by atoms with van der Waals surface area (Å²) in [5.41, 5.74) is 2.74. The van der Waals surface area contributed by atoms with Crippen LogP contribution in [0.2, 0.25) is 0 Å². The van der Waals surface area contributed by atoms with Crippen LogP contribution in [0.25, 0.3) is 11.3 Å². The van der Waals surface area contributed by atoms with E-state index < -0.39 is 0 Å². The van der Waals surface area contributed by atoms with Gasteiger partial charge in [0.2, 0.25) is 0 Å². The molecule has 0 unspecified atom stereocenters. The first-order valence-corrected chi connectivity index (χ1v) is 7.54. The minimum absolute atomic E-state index is 0.262. The van der Waals surface area contributed by atoms with Crippen molar-refractivity contribution in [2.45, 2.75) is 20.8 Å². The molecule has 1 N–H and O–H groups in total. The van der Waals surface area contributed by atoms with Gasteiger partial charge in [-0.05, 0) is 26.8 Å². The van der Waals surface area contributed by atoms with Gasteiger partial charge in [-0.1, -0.05) is 0 Å². The molecule has 0 bridgehead atoms. The highest BCUT2D eigenvalue weighted by molar-refractivity contribution is 7.14. The van der Waals surface area contributed by atoms with Gasteiger partial charge in [0, 0.05) is 17.1 Å². The number of nitrogens with zero attached hydrogens (tertiary/aromatic N) is 3. The Morgan fingerprint density at radius 2 is 2.05 bits per heavy atom. The van der Waals surface area contributed by atoms with Crippen molar-refractivity contribution >= 4 is 22.4 Å². The van der Waals surface area contributed by atoms with Crippen LogP contribution < -0.4 is 5.32 Å². The average Bonchev–Trinajstić information content (AvgIpc) is 3.06. The Morgan fingerprint density at radius 1 is 1.23 bits per heavy atom. The summed E-state index contributed by atoms with van der Waals surface area (Å²) >= 11 is 1.36. The number of nitrogens with one attached hydrogen (secondary N) is 1. The normalized spacial score (nSPS) is 10.7. The van der Waals surface area contributed by atoms with Crippen molar-refractivity contribution in [3.63, 3.8) is 0 Å². The lowest BCUT2D eigenvalue weighted by Gasteiger charge is -2.00. The number of carbonyl (C=O) groups excluding carboxylic acids is 1. The molecule has 0 fully saturated rings. The van der Waals surface area contributed by atoms with Crippen LogP contribution in [0.15, 0.2) is 28.3 Å². The molecule has 3 aromatic heterocycles. The number of rotatable bonds is 3. The lowest BCUT2D eigenvalue weighted by Crippen LogP contribution is -2.13. The third kappa shape index (κ3) is 2.89. The van der Waals surface area contributed by atoms with Crippen molar-refractivity contribution in [3.05, 3.63) is 46.7 Å². The van der Waals surface area contributed by atoms with Crippen LogP contribution >= 0.6 is 11.3 Å². The summed E-state index contributed by atoms with van der Waals surface area (Å²) in [6.07, 6.45) is 3.00. The average molecular weight is 314 g/mol. The van der Waals surface area contributed by atoms with Crippen LogP contribution in [-0.2, 0) is 0 Å². The van der Waals surface area contributed by atoms with Crippen LogP contribution in [0.1, 0.15) is 27.7 Å². The fourth-order valence-electron chi connectivity index (χ4n) is 2.01. The molecular weight excluding hydrogens is 300 g/mol. The maximum Gasteiger partial charge on any atom is 0.277 e. The molecule has 1 amide bonds. The highest BCUT2D eigenvalue weighted by Crippen LogP contribution is 2.29. The molecule has 7 heteroatoms. The number of aromatic nitrogens is 3. The summed E-state index contributed by atoms with van der Waals surface area (Å²) in [6.45, 7) is 5.60. The predicted octanol–water partition coefficient (Wildman–Crippen LogP) is 3.37. The quantitative estimate of drug-likeness (QED) is 0.801. The molecule has 0 aromatic carbocycles. The second-order valence-corrected chi connectivity index (χ2v) is 5.72. The molecule has 0 aliphatic heterocycles. The molecule has 3 rings (SSSR count). The van der Waals surface area contributed by atoms with E-state index in [0.717, 1.165) is 28.5 Å². The van der Waals surface area contributed by atoms with E-state index in [2.05, 4.69) is 20.3 Å². The van der Waals surface area contributed by atoms with Crippen molar-refractivity contribution in [2.24, 2.45) is 0 Å². The molecule has 3 heterocycles. The number of amides is 1. The van der Waals surface area contributed by atoms with Crippen molar-refractivity contribution in [1.82, 2.24) is 15.0 Å². The standard InChI is InChI=1S/C15H14N4O2S/c1-8-5-17-12(6-16-8)14(20)19-15-18-13(7-22-15)11-4-9(2)21-10(11)3/h4-7H,1-3H3,(H,18,19,20). The highest BCUT2D eigenvalue weighted by Gasteiger charge is 2.14. The highest BCUT2D eigenvalue weighted by atomic mass is 32.1. The second kappa shape index (κ2) is 5.69. The van der Waals surface area contributed by atoms with E-state index in [1.807, 2.05) is 32.2 Å². The molecule has 0 saturated carbocycles. The number of carbonyl (C=O) groups is 1. The lowest BCUT2D eigenvalue weighted by atomic mass is 10.2. The van der Waals surface area contributed by atoms with Crippen LogP contribution in [0.3, 0.4) is 0 Å². The van der Waals surface area contributed by atoms with Crippen molar-refractivity contribution in [2.75, 3.05) is 5.32 Å². The molecule has 6 nitrogen and oxygen atoms in total. The lowest BCUT2D eigenvalue weighted by molar-refractivity contribution is 0.102. The van der Waals surface area contributed by atoms with Gasteiger partial charge in [0.1, 0.15) is 17.2 Å². The molecular formula is C15H14N4O2S. The Labute approximate surface area is 131 Å². The molecule has 3 aromatic rings. The summed E-state index contributed by atoms with van der Waals surface area (Å²) < 4.78 is 5.50. The maximum atomic E-state index is 12.1. The zero-order valence-electron chi connectivity index (χ0n) is 12.4. The summed E-state index contributed by atoms with van der Waals surface area (Å²) in [6, 6.07) is 1.93. The molecule has 0 radical (unpaired) electrons. The Kier molecular flexibility index (Phi) is 3.72. The fraction of sp³-hybridized carbons (Fsp3) is 0.200. The summed E-state index contributed by atoms with van der Waals surface area (Å²) in [4.78, 5) is 24.6. The minimum atomic E-state index is -0.325. The Morgan fingerprint density at radius 3 is 2.68 bits per heavy atom. The van der Waals surface area contributed by atoms with Crippen LogP contribution in [0, 0.1) is 20.8 Å². The van der Waals surface area contributed by atoms with E-state index in [0.29, 0.717) is 5.13 Å². The van der Waals surface area contributed by atoms with Gasteiger partial charge in [-0.15, -0.1) is 11.3 Å². The van der Waals surface area contributed by atoms with Crippen LogP contribution in [-0.4, -0.2) is 20.9 Å². The first-order valence-electron chi connectivity index (χ1n) is 6.66. The Hall–Kier alpha value is -2.54. The zero-order valence-corrected chi connectivity index (χ0v) is 13.2. The molecule has 0 atom stereocenters. The first kappa shape index (κ1) is 14.4. The monoisotopic (exact) mass is 314 g/mol. The van der Waals surface area contributed by atoms with Gasteiger partial charge in [0.25, 0.3) is 5.91 Å². The molecule has 0 aliphatic rings. The van der Waals surface area contributed by atoms with E-state index in [9.17, 15) is 4.79 Å². The summed E-state index contributed by atoms with van der Waals surface area (Å²) in [5.74, 6) is 1.32. The second-order valence-electron chi connectivity index (χ2n) is 4.86. The van der Waals surface area contributed by atoms with Gasteiger partial charge in [-0.3, -0.25) is 15.1 Å². The van der Waals surface area contributed by atoms with E-state index >= 15 is 0 Å². The molecule has 112 valence electrons. The van der Waals surface area contributed by atoms with Crippen molar-refractivity contribution in [3.8, 4) is 11.3 Å². The SMILES string of the molecule is Cc1cnc(C(=O)Nc2nc(-c3cc(C)oc3C)cs2)cn1. The van der Waals surface area contributed by atoms with Gasteiger partial charge < -0.3 is 4.42 Å². The first-order chi connectivity index (χ1) is 10.5. The number of hydrogen-bond acceptors (Lipinski definition) is 6. The number of hydrogen-bond donors (Lipinski definition) is 1. The largest absolute Gasteiger partial charge is 0.466 e.